The number of fused-ring (bicyclic) bond motifs is 4. The Balaban J connectivity index is 1.70. The molecule has 0 aliphatic carbocycles. The molecule has 2 heterocycles. The number of aromatic nitrogens is 1. The van der Waals surface area contributed by atoms with Gasteiger partial charge in [0.15, 0.2) is 0 Å². The molecule has 0 bridgehead atoms. The molecule has 5 aromatic rings. The number of para-hydroxylation sites is 1. The minimum Gasteiger partial charge on any atom is -0.308 e. The van der Waals surface area contributed by atoms with Gasteiger partial charge in [-0.15, -0.1) is 0 Å². The molecule has 2 amide bonds. The summed E-state index contributed by atoms with van der Waals surface area (Å²) >= 11 is 0. The van der Waals surface area contributed by atoms with Crippen molar-refractivity contribution in [2.75, 3.05) is 7.05 Å². The molecule has 6 rings (SSSR count). The summed E-state index contributed by atoms with van der Waals surface area (Å²) in [6, 6.07) is 28.5. The van der Waals surface area contributed by atoms with Crippen LogP contribution in [0.2, 0.25) is 0 Å². The summed E-state index contributed by atoms with van der Waals surface area (Å²) in [4.78, 5) is 26.9. The summed E-state index contributed by atoms with van der Waals surface area (Å²) in [5, 5.41) is 20.8. The zero-order chi connectivity index (χ0) is 24.3. The van der Waals surface area contributed by atoms with Crippen LogP contribution in [0.25, 0.3) is 38.6 Å². The van der Waals surface area contributed by atoms with Crippen molar-refractivity contribution in [1.29, 1.82) is 10.5 Å². The highest BCUT2D eigenvalue weighted by molar-refractivity contribution is 6.23. The largest absolute Gasteiger partial charge is 0.308 e. The summed E-state index contributed by atoms with van der Waals surface area (Å²) in [6.07, 6.45) is 0. The summed E-state index contributed by atoms with van der Waals surface area (Å²) in [5.74, 6) is -0.645. The number of benzene rings is 4. The third-order valence-corrected chi connectivity index (χ3v) is 6.54. The lowest BCUT2D eigenvalue weighted by molar-refractivity contribution is 0.0693. The molecule has 0 atom stereocenters. The second-order valence-corrected chi connectivity index (χ2v) is 8.48. The molecule has 6 nitrogen and oxygen atoms in total. The topological polar surface area (TPSA) is 89.9 Å². The highest BCUT2D eigenvalue weighted by Gasteiger charge is 2.35. The normalized spacial score (nSPS) is 12.7. The lowest BCUT2D eigenvalue weighted by Gasteiger charge is -2.12. The van der Waals surface area contributed by atoms with Gasteiger partial charge in [-0.2, -0.15) is 10.5 Å². The van der Waals surface area contributed by atoms with E-state index in [-0.39, 0.29) is 11.8 Å². The van der Waals surface area contributed by atoms with Crippen LogP contribution in [0.1, 0.15) is 31.8 Å². The Morgan fingerprint density at radius 2 is 1.40 bits per heavy atom. The number of hydrogen-bond acceptors (Lipinski definition) is 4. The van der Waals surface area contributed by atoms with Crippen molar-refractivity contribution in [3.8, 4) is 29.0 Å². The van der Waals surface area contributed by atoms with Gasteiger partial charge in [0.05, 0.1) is 51.1 Å². The quantitative estimate of drug-likeness (QED) is 0.335. The molecule has 1 aliphatic rings. The van der Waals surface area contributed by atoms with Crippen molar-refractivity contribution < 1.29 is 9.59 Å². The van der Waals surface area contributed by atoms with Crippen LogP contribution in [0, 0.1) is 22.7 Å². The molecule has 6 heteroatoms. The van der Waals surface area contributed by atoms with E-state index in [9.17, 15) is 20.1 Å². The van der Waals surface area contributed by atoms with Gasteiger partial charge in [-0.25, -0.2) is 0 Å². The fourth-order valence-electron chi connectivity index (χ4n) is 4.90. The lowest BCUT2D eigenvalue weighted by Crippen LogP contribution is -2.24. The van der Waals surface area contributed by atoms with Crippen LogP contribution < -0.4 is 0 Å². The van der Waals surface area contributed by atoms with Crippen LogP contribution in [0.3, 0.4) is 0 Å². The SMILES string of the molecule is CN1C(=O)c2cccc(-n3c4ccccc4c4ccc(-c5cc(C#N)cc(C#N)c5)cc43)c2C1=O. The Morgan fingerprint density at radius 1 is 0.686 bits per heavy atom. The highest BCUT2D eigenvalue weighted by Crippen LogP contribution is 2.37. The Hall–Kier alpha value is -5.20. The van der Waals surface area contributed by atoms with Crippen LogP contribution in [-0.4, -0.2) is 28.3 Å². The van der Waals surface area contributed by atoms with Crippen molar-refractivity contribution in [2.45, 2.75) is 0 Å². The van der Waals surface area contributed by atoms with Crippen molar-refractivity contribution in [2.24, 2.45) is 0 Å². The second-order valence-electron chi connectivity index (χ2n) is 8.48. The van der Waals surface area contributed by atoms with Gasteiger partial charge in [0.2, 0.25) is 0 Å². The molecule has 0 N–H and O–H groups in total. The van der Waals surface area contributed by atoms with E-state index in [1.165, 1.54) is 7.05 Å². The zero-order valence-electron chi connectivity index (χ0n) is 18.6. The van der Waals surface area contributed by atoms with Crippen LogP contribution in [0.15, 0.2) is 78.9 Å². The smallest absolute Gasteiger partial charge is 0.263 e. The predicted octanol–water partition coefficient (Wildman–Crippen LogP) is 5.42. The van der Waals surface area contributed by atoms with Gasteiger partial charge in [0.1, 0.15) is 0 Å². The standard InChI is InChI=1S/C29H16N4O2/c1-32-28(34)23-6-4-8-25(27(23)29(32)35)33-24-7-3-2-5-21(24)22-10-9-19(14-26(22)33)20-12-17(15-30)11-18(13-20)16-31/h2-14H,1H3. The molecule has 0 spiro atoms. The fraction of sp³-hybridized carbons (Fsp3) is 0.0345. The van der Waals surface area contributed by atoms with Gasteiger partial charge in [-0.05, 0) is 53.6 Å². The molecule has 35 heavy (non-hydrogen) atoms. The number of rotatable bonds is 2. The van der Waals surface area contributed by atoms with E-state index in [1.807, 2.05) is 53.1 Å². The molecule has 0 fully saturated rings. The number of imide groups is 1. The van der Waals surface area contributed by atoms with Gasteiger partial charge in [0.25, 0.3) is 11.8 Å². The number of amides is 2. The summed E-state index contributed by atoms with van der Waals surface area (Å²) in [5.41, 5.74) is 5.58. The van der Waals surface area contributed by atoms with Gasteiger partial charge < -0.3 is 4.57 Å². The second kappa shape index (κ2) is 7.41. The van der Waals surface area contributed by atoms with E-state index in [0.717, 1.165) is 37.8 Å². The molecule has 0 saturated heterocycles. The monoisotopic (exact) mass is 452 g/mol. The van der Waals surface area contributed by atoms with Crippen LogP contribution >= 0.6 is 0 Å². The first-order valence-electron chi connectivity index (χ1n) is 11.0. The summed E-state index contributed by atoms with van der Waals surface area (Å²) in [7, 11) is 1.49. The number of nitrogens with zero attached hydrogens (tertiary/aromatic N) is 4. The van der Waals surface area contributed by atoms with Crippen molar-refractivity contribution >= 4 is 33.6 Å². The fourth-order valence-corrected chi connectivity index (χ4v) is 4.90. The van der Waals surface area contributed by atoms with Gasteiger partial charge in [0, 0.05) is 17.8 Å². The van der Waals surface area contributed by atoms with Crippen LogP contribution in [0.4, 0.5) is 0 Å². The van der Waals surface area contributed by atoms with E-state index in [0.29, 0.717) is 27.9 Å². The number of carbonyl (C=O) groups is 2. The minimum atomic E-state index is -0.330. The number of carbonyl (C=O) groups excluding carboxylic acids is 2. The first-order chi connectivity index (χ1) is 17.0. The maximum absolute atomic E-state index is 13.1. The average Bonchev–Trinajstić information content (AvgIpc) is 3.35. The molecular formula is C29H16N4O2. The molecular weight excluding hydrogens is 436 g/mol. The van der Waals surface area contributed by atoms with E-state index >= 15 is 0 Å². The Labute approximate surface area is 200 Å². The first kappa shape index (κ1) is 20.4. The van der Waals surface area contributed by atoms with Gasteiger partial charge in [-0.3, -0.25) is 14.5 Å². The maximum atomic E-state index is 13.1. The summed E-state index contributed by atoms with van der Waals surface area (Å²) < 4.78 is 2.01. The highest BCUT2D eigenvalue weighted by atomic mass is 16.2. The van der Waals surface area contributed by atoms with E-state index in [4.69, 9.17) is 0 Å². The molecule has 4 aromatic carbocycles. The number of hydrogen-bond donors (Lipinski definition) is 0. The van der Waals surface area contributed by atoms with Gasteiger partial charge in [-0.1, -0.05) is 36.4 Å². The van der Waals surface area contributed by atoms with E-state index < -0.39 is 0 Å². The van der Waals surface area contributed by atoms with E-state index in [2.05, 4.69) is 12.1 Å². The average molecular weight is 452 g/mol. The molecule has 164 valence electrons. The Morgan fingerprint density at radius 3 is 2.14 bits per heavy atom. The molecule has 0 saturated carbocycles. The van der Waals surface area contributed by atoms with Gasteiger partial charge >= 0.3 is 0 Å². The van der Waals surface area contributed by atoms with Crippen molar-refractivity contribution in [1.82, 2.24) is 9.47 Å². The van der Waals surface area contributed by atoms with E-state index in [1.54, 1.807) is 30.3 Å². The molecule has 0 unspecified atom stereocenters. The lowest BCUT2D eigenvalue weighted by atomic mass is 9.99. The number of nitriles is 2. The van der Waals surface area contributed by atoms with Crippen LogP contribution in [-0.2, 0) is 0 Å². The Kier molecular flexibility index (Phi) is 4.32. The van der Waals surface area contributed by atoms with Crippen molar-refractivity contribution in [3.63, 3.8) is 0 Å². The molecule has 0 radical (unpaired) electrons. The first-order valence-corrected chi connectivity index (χ1v) is 11.0. The third-order valence-electron chi connectivity index (χ3n) is 6.54. The van der Waals surface area contributed by atoms with Crippen molar-refractivity contribution in [3.05, 3.63) is 101 Å². The Bertz CT molecular complexity index is 1800. The molecule has 1 aliphatic heterocycles. The summed E-state index contributed by atoms with van der Waals surface area (Å²) in [6.45, 7) is 0. The zero-order valence-corrected chi connectivity index (χ0v) is 18.6. The minimum absolute atomic E-state index is 0.314. The predicted molar refractivity (Wildman–Crippen MR) is 132 cm³/mol. The third kappa shape index (κ3) is 2.88. The molecule has 1 aromatic heterocycles. The maximum Gasteiger partial charge on any atom is 0.263 e. The van der Waals surface area contributed by atoms with Crippen LogP contribution in [0.5, 0.6) is 0 Å².